The van der Waals surface area contributed by atoms with E-state index in [1.807, 2.05) is 0 Å². The molecule has 1 fully saturated rings. The van der Waals surface area contributed by atoms with Crippen LogP contribution in [0.2, 0.25) is 18.1 Å². The Hall–Kier alpha value is -1.05. The zero-order valence-electron chi connectivity index (χ0n) is 18.1. The summed E-state index contributed by atoms with van der Waals surface area (Å²) in [5.74, 6) is 5.91. The normalized spacial score (nSPS) is 23.6. The summed E-state index contributed by atoms with van der Waals surface area (Å²) in [7, 11) is -2.03. The lowest BCUT2D eigenvalue weighted by molar-refractivity contribution is -0.136. The van der Waals surface area contributed by atoms with Gasteiger partial charge in [0.25, 0.3) is 0 Å². The SMILES string of the molecule is CCOC(=O)C#C[C@]1(O[Si](C)(C)C(C)(C)C)CCCC[C@@H]1CC=C(C)C. The van der Waals surface area contributed by atoms with Gasteiger partial charge in [-0.1, -0.05) is 44.8 Å². The number of hydrogen-bond donors (Lipinski definition) is 0. The lowest BCUT2D eigenvalue weighted by Gasteiger charge is -2.48. The zero-order valence-corrected chi connectivity index (χ0v) is 19.1. The Kier molecular flexibility index (Phi) is 8.17. The van der Waals surface area contributed by atoms with Crippen molar-refractivity contribution < 1.29 is 14.0 Å². The molecule has 148 valence electrons. The number of allylic oxidation sites excluding steroid dienone is 2. The summed E-state index contributed by atoms with van der Waals surface area (Å²) in [4.78, 5) is 11.9. The fourth-order valence-corrected chi connectivity index (χ4v) is 4.70. The van der Waals surface area contributed by atoms with E-state index in [0.29, 0.717) is 12.5 Å². The predicted octanol–water partition coefficient (Wildman–Crippen LogP) is 5.86. The molecule has 0 bridgehead atoms. The second-order valence-electron chi connectivity index (χ2n) is 9.18. The van der Waals surface area contributed by atoms with Crippen molar-refractivity contribution in [2.24, 2.45) is 5.92 Å². The van der Waals surface area contributed by atoms with Crippen LogP contribution in [-0.2, 0) is 14.0 Å². The average Bonchev–Trinajstić information content (AvgIpc) is 2.51. The van der Waals surface area contributed by atoms with Gasteiger partial charge in [-0.05, 0) is 64.6 Å². The van der Waals surface area contributed by atoms with Crippen LogP contribution >= 0.6 is 0 Å². The van der Waals surface area contributed by atoms with Gasteiger partial charge in [-0.25, -0.2) is 4.79 Å². The summed E-state index contributed by atoms with van der Waals surface area (Å²) < 4.78 is 12.0. The van der Waals surface area contributed by atoms with Crippen molar-refractivity contribution in [3.63, 3.8) is 0 Å². The quantitative estimate of drug-likeness (QED) is 0.198. The fourth-order valence-electron chi connectivity index (χ4n) is 3.16. The van der Waals surface area contributed by atoms with Gasteiger partial charge in [-0.15, -0.1) is 0 Å². The Bertz CT molecular complexity index is 570. The highest BCUT2D eigenvalue weighted by Gasteiger charge is 2.48. The third-order valence-corrected chi connectivity index (χ3v) is 10.2. The van der Waals surface area contributed by atoms with Crippen LogP contribution < -0.4 is 0 Å². The van der Waals surface area contributed by atoms with E-state index < -0.39 is 19.9 Å². The van der Waals surface area contributed by atoms with Crippen LogP contribution in [-0.4, -0.2) is 26.5 Å². The van der Waals surface area contributed by atoms with Crippen molar-refractivity contribution in [2.45, 2.75) is 97.4 Å². The molecule has 0 aliphatic heterocycles. The Morgan fingerprint density at radius 1 is 1.27 bits per heavy atom. The molecule has 4 heteroatoms. The lowest BCUT2D eigenvalue weighted by Crippen LogP contribution is -2.53. The van der Waals surface area contributed by atoms with Gasteiger partial charge >= 0.3 is 5.97 Å². The molecule has 0 unspecified atom stereocenters. The minimum Gasteiger partial charge on any atom is -0.456 e. The van der Waals surface area contributed by atoms with Gasteiger partial charge in [-0.2, -0.15) is 0 Å². The summed E-state index contributed by atoms with van der Waals surface area (Å²) in [6.07, 6.45) is 7.52. The molecule has 1 saturated carbocycles. The molecule has 0 aromatic rings. The maximum absolute atomic E-state index is 11.9. The van der Waals surface area contributed by atoms with Crippen LogP contribution in [0.4, 0.5) is 0 Å². The molecule has 0 aromatic heterocycles. The van der Waals surface area contributed by atoms with E-state index in [1.165, 1.54) is 12.0 Å². The van der Waals surface area contributed by atoms with Crippen LogP contribution in [0.25, 0.3) is 0 Å². The van der Waals surface area contributed by atoms with Crippen molar-refractivity contribution in [2.75, 3.05) is 6.61 Å². The largest absolute Gasteiger partial charge is 0.456 e. The predicted molar refractivity (Wildman–Crippen MR) is 111 cm³/mol. The molecule has 0 heterocycles. The number of esters is 1. The summed E-state index contributed by atoms with van der Waals surface area (Å²) in [5.41, 5.74) is 0.773. The highest BCUT2D eigenvalue weighted by Crippen LogP contribution is 2.46. The second kappa shape index (κ2) is 9.24. The van der Waals surface area contributed by atoms with Gasteiger partial charge in [0.15, 0.2) is 8.32 Å². The zero-order chi connectivity index (χ0) is 20.0. The number of carbonyl (C=O) groups excluding carboxylic acids is 1. The van der Waals surface area contributed by atoms with Gasteiger partial charge in [0, 0.05) is 11.8 Å². The fraction of sp³-hybridized carbons (Fsp3) is 0.773. The Morgan fingerprint density at radius 2 is 1.92 bits per heavy atom. The van der Waals surface area contributed by atoms with Crippen LogP contribution in [0.5, 0.6) is 0 Å². The van der Waals surface area contributed by atoms with Gasteiger partial charge in [0.1, 0.15) is 5.60 Å². The number of rotatable bonds is 5. The Labute approximate surface area is 162 Å². The van der Waals surface area contributed by atoms with E-state index in [2.05, 4.69) is 65.6 Å². The van der Waals surface area contributed by atoms with Gasteiger partial charge in [-0.3, -0.25) is 0 Å². The van der Waals surface area contributed by atoms with Crippen molar-refractivity contribution in [1.29, 1.82) is 0 Å². The second-order valence-corrected chi connectivity index (χ2v) is 13.9. The lowest BCUT2D eigenvalue weighted by atomic mass is 9.74. The third kappa shape index (κ3) is 6.28. The van der Waals surface area contributed by atoms with Crippen LogP contribution in [0.1, 0.15) is 73.6 Å². The highest BCUT2D eigenvalue weighted by atomic mass is 28.4. The molecule has 0 radical (unpaired) electrons. The molecule has 2 atom stereocenters. The molecule has 0 N–H and O–H groups in total. The molecule has 1 rings (SSSR count). The minimum atomic E-state index is -2.03. The van der Waals surface area contributed by atoms with E-state index in [-0.39, 0.29) is 5.04 Å². The molecule has 0 aromatic carbocycles. The van der Waals surface area contributed by atoms with Gasteiger partial charge < -0.3 is 9.16 Å². The first-order chi connectivity index (χ1) is 11.9. The van der Waals surface area contributed by atoms with E-state index in [9.17, 15) is 4.79 Å². The summed E-state index contributed by atoms with van der Waals surface area (Å²) in [6.45, 7) is 17.7. The van der Waals surface area contributed by atoms with Crippen molar-refractivity contribution >= 4 is 14.3 Å². The molecular formula is C22H38O3Si. The summed E-state index contributed by atoms with van der Waals surface area (Å²) in [6, 6.07) is 0. The topological polar surface area (TPSA) is 35.5 Å². The molecule has 1 aliphatic rings. The highest BCUT2D eigenvalue weighted by molar-refractivity contribution is 6.74. The van der Waals surface area contributed by atoms with Crippen LogP contribution in [0.3, 0.4) is 0 Å². The van der Waals surface area contributed by atoms with E-state index in [4.69, 9.17) is 9.16 Å². The summed E-state index contributed by atoms with van der Waals surface area (Å²) in [5, 5.41) is 0.101. The minimum absolute atomic E-state index is 0.101. The molecule has 0 spiro atoms. The number of hydrogen-bond acceptors (Lipinski definition) is 3. The van der Waals surface area contributed by atoms with Crippen LogP contribution in [0.15, 0.2) is 11.6 Å². The standard InChI is InChI=1S/C22H38O3Si/c1-9-24-20(23)15-17-22(25-26(7,8)21(4,5)6)16-11-10-12-19(22)14-13-18(2)3/h13,19H,9-12,14,16H2,1-8H3/t19-,22-/m1/s1. The van der Waals surface area contributed by atoms with Gasteiger partial charge in [0.2, 0.25) is 0 Å². The molecule has 3 nitrogen and oxygen atoms in total. The van der Waals surface area contributed by atoms with Crippen LogP contribution in [0, 0.1) is 17.8 Å². The first-order valence-electron chi connectivity index (χ1n) is 9.97. The Balaban J connectivity index is 3.29. The van der Waals surface area contributed by atoms with Crippen molar-refractivity contribution in [1.82, 2.24) is 0 Å². The molecule has 0 amide bonds. The maximum atomic E-state index is 11.9. The van der Waals surface area contributed by atoms with Crippen molar-refractivity contribution in [3.8, 4) is 11.8 Å². The first kappa shape index (κ1) is 23.0. The molecule has 26 heavy (non-hydrogen) atoms. The monoisotopic (exact) mass is 378 g/mol. The maximum Gasteiger partial charge on any atom is 0.384 e. The van der Waals surface area contributed by atoms with Gasteiger partial charge in [0.05, 0.1) is 6.61 Å². The molecule has 0 saturated heterocycles. The van der Waals surface area contributed by atoms with E-state index >= 15 is 0 Å². The molecular weight excluding hydrogens is 340 g/mol. The van der Waals surface area contributed by atoms with Crippen molar-refractivity contribution in [3.05, 3.63) is 11.6 Å². The Morgan fingerprint density at radius 3 is 2.46 bits per heavy atom. The average molecular weight is 379 g/mol. The molecule has 1 aliphatic carbocycles. The van der Waals surface area contributed by atoms with E-state index in [0.717, 1.165) is 25.7 Å². The number of carbonyl (C=O) groups is 1. The number of ether oxygens (including phenoxy) is 1. The summed E-state index contributed by atoms with van der Waals surface area (Å²) >= 11 is 0. The smallest absolute Gasteiger partial charge is 0.384 e. The van der Waals surface area contributed by atoms with E-state index in [1.54, 1.807) is 6.92 Å². The third-order valence-electron chi connectivity index (χ3n) is 5.72. The first-order valence-corrected chi connectivity index (χ1v) is 12.9.